The first-order chi connectivity index (χ1) is 4.19. The Bertz CT molecular complexity index is 118. The SMILES string of the molecule is C=C(CCC)C1(C)CC1. The van der Waals surface area contributed by atoms with Crippen LogP contribution in [-0.4, -0.2) is 0 Å². The van der Waals surface area contributed by atoms with Crippen LogP contribution in [-0.2, 0) is 0 Å². The monoisotopic (exact) mass is 124 g/mol. The second-order valence-corrected chi connectivity index (χ2v) is 3.41. The summed E-state index contributed by atoms with van der Waals surface area (Å²) in [6.07, 6.45) is 5.25. The lowest BCUT2D eigenvalue weighted by molar-refractivity contribution is 0.642. The van der Waals surface area contributed by atoms with Crippen molar-refractivity contribution in [2.24, 2.45) is 5.41 Å². The lowest BCUT2D eigenvalue weighted by Crippen LogP contribution is -1.95. The van der Waals surface area contributed by atoms with Crippen LogP contribution >= 0.6 is 0 Å². The van der Waals surface area contributed by atoms with E-state index in [4.69, 9.17) is 0 Å². The van der Waals surface area contributed by atoms with Gasteiger partial charge >= 0.3 is 0 Å². The molecule has 0 unspecified atom stereocenters. The lowest BCUT2D eigenvalue weighted by atomic mass is 9.96. The second kappa shape index (κ2) is 2.17. The van der Waals surface area contributed by atoms with Gasteiger partial charge in [0.25, 0.3) is 0 Å². The molecule has 0 N–H and O–H groups in total. The molecule has 0 spiro atoms. The van der Waals surface area contributed by atoms with Crippen molar-refractivity contribution in [3.05, 3.63) is 12.2 Å². The standard InChI is InChI=1S/C9H16/c1-4-5-8(2)9(3)6-7-9/h2,4-7H2,1,3H3. The van der Waals surface area contributed by atoms with Gasteiger partial charge in [0.1, 0.15) is 0 Å². The fourth-order valence-electron chi connectivity index (χ4n) is 1.14. The average Bonchev–Trinajstić information content (AvgIpc) is 2.50. The van der Waals surface area contributed by atoms with Crippen molar-refractivity contribution >= 4 is 0 Å². The molecule has 1 fully saturated rings. The van der Waals surface area contributed by atoms with Crippen molar-refractivity contribution < 1.29 is 0 Å². The smallest absolute Gasteiger partial charge is 0.0118 e. The molecule has 0 aliphatic heterocycles. The van der Waals surface area contributed by atoms with Crippen LogP contribution in [0.4, 0.5) is 0 Å². The largest absolute Gasteiger partial charge is 0.0993 e. The van der Waals surface area contributed by atoms with Crippen LogP contribution in [0, 0.1) is 5.41 Å². The van der Waals surface area contributed by atoms with Gasteiger partial charge in [-0.25, -0.2) is 0 Å². The molecule has 1 aliphatic rings. The molecule has 0 aromatic carbocycles. The minimum Gasteiger partial charge on any atom is -0.0993 e. The number of hydrogen-bond acceptors (Lipinski definition) is 0. The first kappa shape index (κ1) is 6.85. The van der Waals surface area contributed by atoms with Crippen molar-refractivity contribution in [3.63, 3.8) is 0 Å². The van der Waals surface area contributed by atoms with Gasteiger partial charge in [0, 0.05) is 0 Å². The van der Waals surface area contributed by atoms with E-state index < -0.39 is 0 Å². The van der Waals surface area contributed by atoms with Gasteiger partial charge in [-0.15, -0.1) is 0 Å². The van der Waals surface area contributed by atoms with E-state index in [1.165, 1.54) is 31.3 Å². The molecule has 0 radical (unpaired) electrons. The van der Waals surface area contributed by atoms with Crippen molar-refractivity contribution in [1.29, 1.82) is 0 Å². The normalized spacial score (nSPS) is 21.6. The third-order valence-electron chi connectivity index (χ3n) is 2.41. The van der Waals surface area contributed by atoms with E-state index in [1.807, 2.05) is 0 Å². The third kappa shape index (κ3) is 1.35. The molecule has 1 aliphatic carbocycles. The van der Waals surface area contributed by atoms with Gasteiger partial charge in [-0.2, -0.15) is 0 Å². The van der Waals surface area contributed by atoms with Crippen molar-refractivity contribution in [1.82, 2.24) is 0 Å². The maximum Gasteiger partial charge on any atom is -0.0118 e. The molecule has 0 nitrogen and oxygen atoms in total. The number of hydrogen-bond donors (Lipinski definition) is 0. The quantitative estimate of drug-likeness (QED) is 0.507. The molecule has 0 aromatic rings. The molecule has 0 bridgehead atoms. The molecular formula is C9H16. The molecule has 0 atom stereocenters. The molecule has 52 valence electrons. The summed E-state index contributed by atoms with van der Waals surface area (Å²) < 4.78 is 0. The van der Waals surface area contributed by atoms with Crippen LogP contribution in [0.1, 0.15) is 39.5 Å². The fraction of sp³-hybridized carbons (Fsp3) is 0.778. The van der Waals surface area contributed by atoms with Gasteiger partial charge in [-0.05, 0) is 24.7 Å². The molecule has 1 saturated carbocycles. The van der Waals surface area contributed by atoms with Gasteiger partial charge in [0.15, 0.2) is 0 Å². The van der Waals surface area contributed by atoms with Crippen molar-refractivity contribution in [2.45, 2.75) is 39.5 Å². The molecule has 0 aromatic heterocycles. The van der Waals surface area contributed by atoms with Gasteiger partial charge in [0.2, 0.25) is 0 Å². The average molecular weight is 124 g/mol. The van der Waals surface area contributed by atoms with Crippen LogP contribution in [0.25, 0.3) is 0 Å². The minimum absolute atomic E-state index is 0.565. The van der Waals surface area contributed by atoms with Crippen LogP contribution in [0.2, 0.25) is 0 Å². The minimum atomic E-state index is 0.565. The Balaban J connectivity index is 2.34. The molecule has 0 saturated heterocycles. The van der Waals surface area contributed by atoms with E-state index in [2.05, 4.69) is 20.4 Å². The maximum atomic E-state index is 4.08. The van der Waals surface area contributed by atoms with E-state index in [0.29, 0.717) is 5.41 Å². The molecule has 0 heterocycles. The molecular weight excluding hydrogens is 108 g/mol. The Morgan fingerprint density at radius 3 is 2.44 bits per heavy atom. The van der Waals surface area contributed by atoms with Crippen molar-refractivity contribution in [2.75, 3.05) is 0 Å². The van der Waals surface area contributed by atoms with Crippen LogP contribution < -0.4 is 0 Å². The molecule has 0 heteroatoms. The number of allylic oxidation sites excluding steroid dienone is 1. The third-order valence-corrected chi connectivity index (χ3v) is 2.41. The summed E-state index contributed by atoms with van der Waals surface area (Å²) in [4.78, 5) is 0. The second-order valence-electron chi connectivity index (χ2n) is 3.41. The Morgan fingerprint density at radius 1 is 1.56 bits per heavy atom. The summed E-state index contributed by atoms with van der Waals surface area (Å²) in [5.74, 6) is 0. The highest BCUT2D eigenvalue weighted by atomic mass is 14.4. The zero-order valence-corrected chi connectivity index (χ0v) is 6.54. The van der Waals surface area contributed by atoms with E-state index in [0.717, 1.165) is 0 Å². The van der Waals surface area contributed by atoms with E-state index in [1.54, 1.807) is 0 Å². The highest BCUT2D eigenvalue weighted by Gasteiger charge is 2.38. The zero-order chi connectivity index (χ0) is 6.91. The van der Waals surface area contributed by atoms with E-state index in [-0.39, 0.29) is 0 Å². The first-order valence-electron chi connectivity index (χ1n) is 3.87. The summed E-state index contributed by atoms with van der Waals surface area (Å²) in [5.41, 5.74) is 2.04. The highest BCUT2D eigenvalue weighted by Crippen LogP contribution is 2.51. The van der Waals surface area contributed by atoms with E-state index >= 15 is 0 Å². The summed E-state index contributed by atoms with van der Waals surface area (Å²) >= 11 is 0. The Morgan fingerprint density at radius 2 is 2.11 bits per heavy atom. The predicted octanol–water partition coefficient (Wildman–Crippen LogP) is 3.14. The van der Waals surface area contributed by atoms with Crippen LogP contribution in [0.5, 0.6) is 0 Å². The lowest BCUT2D eigenvalue weighted by Gasteiger charge is -2.09. The van der Waals surface area contributed by atoms with Crippen molar-refractivity contribution in [3.8, 4) is 0 Å². The summed E-state index contributed by atoms with van der Waals surface area (Å²) in [7, 11) is 0. The van der Waals surface area contributed by atoms with Gasteiger partial charge in [-0.3, -0.25) is 0 Å². The predicted molar refractivity (Wildman–Crippen MR) is 41.4 cm³/mol. The first-order valence-corrected chi connectivity index (χ1v) is 3.87. The molecule has 1 rings (SSSR count). The maximum absolute atomic E-state index is 4.08. The topological polar surface area (TPSA) is 0 Å². The molecule has 0 amide bonds. The summed E-state index contributed by atoms with van der Waals surface area (Å²) in [5, 5.41) is 0. The van der Waals surface area contributed by atoms with Crippen LogP contribution in [0.3, 0.4) is 0 Å². The van der Waals surface area contributed by atoms with E-state index in [9.17, 15) is 0 Å². The Kier molecular flexibility index (Phi) is 1.65. The van der Waals surface area contributed by atoms with Crippen LogP contribution in [0.15, 0.2) is 12.2 Å². The summed E-state index contributed by atoms with van der Waals surface area (Å²) in [6.45, 7) is 8.62. The Hall–Kier alpha value is -0.260. The zero-order valence-electron chi connectivity index (χ0n) is 6.54. The van der Waals surface area contributed by atoms with Gasteiger partial charge in [-0.1, -0.05) is 32.4 Å². The fourth-order valence-corrected chi connectivity index (χ4v) is 1.14. The molecule has 9 heavy (non-hydrogen) atoms. The highest BCUT2D eigenvalue weighted by molar-refractivity contribution is 5.16. The summed E-state index contributed by atoms with van der Waals surface area (Å²) in [6, 6.07) is 0. The Labute approximate surface area is 58.0 Å². The van der Waals surface area contributed by atoms with Gasteiger partial charge in [0.05, 0.1) is 0 Å². The van der Waals surface area contributed by atoms with Gasteiger partial charge < -0.3 is 0 Å². The number of rotatable bonds is 3.